The van der Waals surface area contributed by atoms with E-state index in [1.165, 1.54) is 11.0 Å². The molecule has 17 heavy (non-hydrogen) atoms. The summed E-state index contributed by atoms with van der Waals surface area (Å²) in [6.07, 6.45) is 1.45. The monoisotopic (exact) mass is 251 g/mol. The third kappa shape index (κ3) is 3.04. The molecule has 6 nitrogen and oxygen atoms in total. The molecular weight excluding hydrogens is 238 g/mol. The molecule has 0 aliphatic rings. The largest absolute Gasteiger partial charge is 0.367 e. The summed E-state index contributed by atoms with van der Waals surface area (Å²) in [7, 11) is 1.76. The quantitative estimate of drug-likeness (QED) is 0.862. The Morgan fingerprint density at radius 3 is 3.06 bits per heavy atom. The lowest BCUT2D eigenvalue weighted by molar-refractivity contribution is -0.131. The van der Waals surface area contributed by atoms with Crippen LogP contribution >= 0.6 is 11.3 Å². The van der Waals surface area contributed by atoms with Gasteiger partial charge >= 0.3 is 0 Å². The topological polar surface area (TPSA) is 77.0 Å². The van der Waals surface area contributed by atoms with Crippen molar-refractivity contribution in [1.29, 1.82) is 0 Å². The van der Waals surface area contributed by atoms with Gasteiger partial charge in [-0.05, 0) is 22.4 Å². The number of amides is 1. The van der Waals surface area contributed by atoms with Crippen LogP contribution in [0.5, 0.6) is 0 Å². The number of aromatic nitrogens is 3. The van der Waals surface area contributed by atoms with Gasteiger partial charge in [-0.3, -0.25) is 4.79 Å². The first-order chi connectivity index (χ1) is 8.15. The van der Waals surface area contributed by atoms with Crippen LogP contribution in [0.2, 0.25) is 0 Å². The highest BCUT2D eigenvalue weighted by atomic mass is 32.1. The summed E-state index contributed by atoms with van der Waals surface area (Å²) in [5.41, 5.74) is 6.50. The van der Waals surface area contributed by atoms with E-state index < -0.39 is 0 Å². The number of rotatable bonds is 4. The Kier molecular flexibility index (Phi) is 3.38. The van der Waals surface area contributed by atoms with Crippen molar-refractivity contribution in [2.45, 2.75) is 13.1 Å². The first-order valence-electron chi connectivity index (χ1n) is 5.05. The fourth-order valence-corrected chi connectivity index (χ4v) is 2.05. The van der Waals surface area contributed by atoms with Gasteiger partial charge in [0.15, 0.2) is 0 Å². The van der Waals surface area contributed by atoms with Gasteiger partial charge in [-0.15, -0.1) is 5.10 Å². The average molecular weight is 251 g/mol. The van der Waals surface area contributed by atoms with Gasteiger partial charge in [0.25, 0.3) is 0 Å². The first kappa shape index (κ1) is 11.6. The molecule has 0 bridgehead atoms. The van der Waals surface area contributed by atoms with Gasteiger partial charge in [-0.2, -0.15) is 11.3 Å². The maximum Gasteiger partial charge on any atom is 0.244 e. The summed E-state index contributed by atoms with van der Waals surface area (Å²) in [4.78, 5) is 17.3. The van der Waals surface area contributed by atoms with E-state index in [0.717, 1.165) is 5.56 Å². The van der Waals surface area contributed by atoms with E-state index >= 15 is 0 Å². The number of hydrogen-bond acceptors (Lipinski definition) is 5. The first-order valence-corrected chi connectivity index (χ1v) is 5.99. The highest BCUT2D eigenvalue weighted by Crippen LogP contribution is 2.08. The minimum absolute atomic E-state index is 0.0268. The molecule has 7 heteroatoms. The molecule has 0 aromatic carbocycles. The van der Waals surface area contributed by atoms with Crippen molar-refractivity contribution in [3.8, 4) is 0 Å². The van der Waals surface area contributed by atoms with E-state index in [9.17, 15) is 4.79 Å². The lowest BCUT2D eigenvalue weighted by Crippen LogP contribution is -2.29. The van der Waals surface area contributed by atoms with Gasteiger partial charge in [0, 0.05) is 13.6 Å². The predicted octanol–water partition coefficient (Wildman–Crippen LogP) is 0.580. The van der Waals surface area contributed by atoms with E-state index in [2.05, 4.69) is 10.1 Å². The normalized spacial score (nSPS) is 10.4. The van der Waals surface area contributed by atoms with Crippen LogP contribution in [0.4, 0.5) is 5.95 Å². The number of nitrogens with zero attached hydrogens (tertiary/aromatic N) is 4. The molecule has 0 radical (unpaired) electrons. The average Bonchev–Trinajstić information content (AvgIpc) is 2.90. The van der Waals surface area contributed by atoms with Crippen molar-refractivity contribution in [1.82, 2.24) is 19.7 Å². The maximum atomic E-state index is 11.8. The van der Waals surface area contributed by atoms with Gasteiger partial charge in [0.2, 0.25) is 11.9 Å². The van der Waals surface area contributed by atoms with Gasteiger partial charge in [0.1, 0.15) is 12.9 Å². The molecule has 0 aliphatic carbocycles. The Labute approximate surface area is 103 Å². The molecule has 2 aromatic rings. The zero-order valence-corrected chi connectivity index (χ0v) is 10.2. The highest BCUT2D eigenvalue weighted by Gasteiger charge is 2.11. The highest BCUT2D eigenvalue weighted by molar-refractivity contribution is 7.07. The zero-order valence-electron chi connectivity index (χ0n) is 9.41. The summed E-state index contributed by atoms with van der Waals surface area (Å²) in [5.74, 6) is 0.152. The van der Waals surface area contributed by atoms with Gasteiger partial charge < -0.3 is 10.6 Å². The summed E-state index contributed by atoms with van der Waals surface area (Å²) in [5, 5.41) is 7.88. The summed E-state index contributed by atoms with van der Waals surface area (Å²) in [6.45, 7) is 0.761. The fraction of sp³-hybridized carbons (Fsp3) is 0.300. The molecule has 2 aromatic heterocycles. The van der Waals surface area contributed by atoms with Crippen molar-refractivity contribution in [2.75, 3.05) is 12.8 Å². The Bertz CT molecular complexity index is 493. The smallest absolute Gasteiger partial charge is 0.244 e. The molecule has 0 unspecified atom stereocenters. The van der Waals surface area contributed by atoms with E-state index in [1.807, 2.05) is 16.8 Å². The second-order valence-electron chi connectivity index (χ2n) is 3.68. The number of nitrogens with two attached hydrogens (primary N) is 1. The maximum absolute atomic E-state index is 11.8. The van der Waals surface area contributed by atoms with Gasteiger partial charge in [0.05, 0.1) is 0 Å². The number of nitrogen functional groups attached to an aromatic ring is 1. The van der Waals surface area contributed by atoms with Gasteiger partial charge in [-0.1, -0.05) is 0 Å². The molecule has 2 rings (SSSR count). The molecule has 0 atom stereocenters. The molecule has 0 fully saturated rings. The minimum atomic E-state index is -0.0268. The predicted molar refractivity (Wildman–Crippen MR) is 65.2 cm³/mol. The van der Waals surface area contributed by atoms with Crippen molar-refractivity contribution in [2.24, 2.45) is 0 Å². The van der Waals surface area contributed by atoms with Crippen molar-refractivity contribution < 1.29 is 4.79 Å². The molecular formula is C10H13N5OS. The van der Waals surface area contributed by atoms with Crippen LogP contribution in [0.25, 0.3) is 0 Å². The van der Waals surface area contributed by atoms with E-state index in [-0.39, 0.29) is 18.4 Å². The zero-order chi connectivity index (χ0) is 12.3. The number of carbonyl (C=O) groups excluding carboxylic acids is 1. The van der Waals surface area contributed by atoms with Crippen LogP contribution in [0, 0.1) is 0 Å². The summed E-state index contributed by atoms with van der Waals surface area (Å²) < 4.78 is 1.43. The van der Waals surface area contributed by atoms with E-state index in [0.29, 0.717) is 6.54 Å². The number of likely N-dealkylation sites (N-methyl/N-ethyl adjacent to an activating group) is 1. The van der Waals surface area contributed by atoms with Crippen LogP contribution in [-0.4, -0.2) is 32.6 Å². The lowest BCUT2D eigenvalue weighted by Gasteiger charge is -2.16. The molecule has 0 aliphatic heterocycles. The van der Waals surface area contributed by atoms with Gasteiger partial charge in [-0.25, -0.2) is 9.67 Å². The standard InChI is InChI=1S/C10H13N5OS/c1-14(4-8-2-3-17-6-8)9(16)5-15-7-12-10(11)13-15/h2-3,6-7H,4-5H2,1H3,(H2,11,13). The van der Waals surface area contributed by atoms with Crippen molar-refractivity contribution >= 4 is 23.2 Å². The molecule has 2 N–H and O–H groups in total. The Hall–Kier alpha value is -1.89. The Morgan fingerprint density at radius 1 is 1.65 bits per heavy atom. The Balaban J connectivity index is 1.91. The summed E-state index contributed by atoms with van der Waals surface area (Å²) >= 11 is 1.62. The second-order valence-corrected chi connectivity index (χ2v) is 4.46. The third-order valence-electron chi connectivity index (χ3n) is 2.28. The van der Waals surface area contributed by atoms with Crippen LogP contribution in [-0.2, 0) is 17.9 Å². The third-order valence-corrected chi connectivity index (χ3v) is 3.01. The van der Waals surface area contributed by atoms with E-state index in [1.54, 1.807) is 23.3 Å². The summed E-state index contributed by atoms with van der Waals surface area (Å²) in [6, 6.07) is 2.00. The van der Waals surface area contributed by atoms with Crippen molar-refractivity contribution in [3.05, 3.63) is 28.7 Å². The van der Waals surface area contributed by atoms with Crippen LogP contribution < -0.4 is 5.73 Å². The van der Waals surface area contributed by atoms with Crippen LogP contribution in [0.3, 0.4) is 0 Å². The molecule has 0 saturated carbocycles. The number of anilines is 1. The lowest BCUT2D eigenvalue weighted by atomic mass is 10.3. The number of thiophene rings is 1. The number of carbonyl (C=O) groups is 1. The molecule has 1 amide bonds. The molecule has 0 saturated heterocycles. The van der Waals surface area contributed by atoms with Crippen molar-refractivity contribution in [3.63, 3.8) is 0 Å². The minimum Gasteiger partial charge on any atom is -0.367 e. The molecule has 90 valence electrons. The van der Waals surface area contributed by atoms with E-state index in [4.69, 9.17) is 5.73 Å². The molecule has 0 spiro atoms. The fourth-order valence-electron chi connectivity index (χ4n) is 1.39. The van der Waals surface area contributed by atoms with Crippen LogP contribution in [0.1, 0.15) is 5.56 Å². The number of hydrogen-bond donors (Lipinski definition) is 1. The SMILES string of the molecule is CN(Cc1ccsc1)C(=O)Cn1cnc(N)n1. The Morgan fingerprint density at radius 2 is 2.47 bits per heavy atom. The second kappa shape index (κ2) is 4.96. The van der Waals surface area contributed by atoms with Crippen LogP contribution in [0.15, 0.2) is 23.2 Å². The molecule has 2 heterocycles.